The minimum absolute atomic E-state index is 0. The summed E-state index contributed by atoms with van der Waals surface area (Å²) in [6, 6.07) is 11.5. The molecule has 0 radical (unpaired) electrons. The summed E-state index contributed by atoms with van der Waals surface area (Å²) in [4.78, 5) is 35.9. The van der Waals surface area contributed by atoms with Gasteiger partial charge in [0.25, 0.3) is 11.8 Å². The number of amides is 2. The summed E-state index contributed by atoms with van der Waals surface area (Å²) in [6.45, 7) is 1.61. The first kappa shape index (κ1) is 21.9. The van der Waals surface area contributed by atoms with Crippen LogP contribution < -0.4 is 10.2 Å². The molecule has 0 fully saturated rings. The number of methoxy groups -OCH3 is 1. The van der Waals surface area contributed by atoms with E-state index in [1.807, 2.05) is 47.2 Å². The number of ether oxygens (including phenoxy) is 1. The molecule has 3 aromatic heterocycles. The third kappa shape index (κ3) is 3.75. The molecule has 0 unspecified atom stereocenters. The van der Waals surface area contributed by atoms with Gasteiger partial charge < -0.3 is 4.74 Å². The van der Waals surface area contributed by atoms with Crippen molar-refractivity contribution in [1.82, 2.24) is 15.0 Å². The Balaban J connectivity index is 0.00000245. The van der Waals surface area contributed by atoms with Crippen molar-refractivity contribution in [2.24, 2.45) is 0 Å². The fourth-order valence-electron chi connectivity index (χ4n) is 3.34. The van der Waals surface area contributed by atoms with E-state index < -0.39 is 11.8 Å². The van der Waals surface area contributed by atoms with Gasteiger partial charge in [-0.05, 0) is 36.1 Å². The van der Waals surface area contributed by atoms with E-state index >= 15 is 0 Å². The number of nitrogens with zero attached hydrogens (tertiary/aromatic N) is 3. The Hall–Kier alpha value is -3.27. The number of carbonyl (C=O) groups excluding carboxylic acids is 2. The predicted molar refractivity (Wildman–Crippen MR) is 129 cm³/mol. The molecular formula is C22H17ClN4O3S2. The average Bonchev–Trinajstić information content (AvgIpc) is 3.51. The van der Waals surface area contributed by atoms with Crippen LogP contribution >= 0.6 is 35.1 Å². The van der Waals surface area contributed by atoms with E-state index in [2.05, 4.69) is 5.43 Å². The van der Waals surface area contributed by atoms with Crippen LogP contribution in [0.15, 0.2) is 58.8 Å². The maximum absolute atomic E-state index is 12.5. The van der Waals surface area contributed by atoms with Crippen molar-refractivity contribution < 1.29 is 14.3 Å². The van der Waals surface area contributed by atoms with Crippen molar-refractivity contribution in [3.05, 3.63) is 58.8 Å². The number of hydrazine groups is 1. The van der Waals surface area contributed by atoms with Gasteiger partial charge in [0.05, 0.1) is 17.4 Å². The van der Waals surface area contributed by atoms with Crippen molar-refractivity contribution in [3.63, 3.8) is 0 Å². The Kier molecular flexibility index (Phi) is 5.96. The van der Waals surface area contributed by atoms with E-state index in [9.17, 15) is 9.59 Å². The fraction of sp³-hybridized carbons (Fsp3) is 0.0909. The summed E-state index contributed by atoms with van der Waals surface area (Å²) in [6.07, 6.45) is 1.31. The summed E-state index contributed by atoms with van der Waals surface area (Å²) in [7, 11) is 1.62. The highest BCUT2D eigenvalue weighted by atomic mass is 35.5. The first-order valence-corrected chi connectivity index (χ1v) is 11.1. The second kappa shape index (κ2) is 8.70. The molecule has 4 aromatic rings. The van der Waals surface area contributed by atoms with Crippen LogP contribution in [0.4, 0.5) is 5.82 Å². The minimum atomic E-state index is -0.426. The molecular weight excluding hydrogens is 468 g/mol. The van der Waals surface area contributed by atoms with Gasteiger partial charge in [0.2, 0.25) is 0 Å². The number of hydrogen-bond acceptors (Lipinski definition) is 8. The Morgan fingerprint density at radius 3 is 2.62 bits per heavy atom. The van der Waals surface area contributed by atoms with Crippen molar-refractivity contribution in [3.8, 4) is 27.6 Å². The second-order valence-electron chi connectivity index (χ2n) is 6.85. The van der Waals surface area contributed by atoms with Crippen LogP contribution in [0.2, 0.25) is 0 Å². The quantitative estimate of drug-likeness (QED) is 0.394. The first-order chi connectivity index (χ1) is 15.0. The summed E-state index contributed by atoms with van der Waals surface area (Å²) < 4.78 is 5.36. The number of nitrogens with one attached hydrogen (secondary N) is 1. The molecule has 32 heavy (non-hydrogen) atoms. The van der Waals surface area contributed by atoms with Crippen LogP contribution in [0.3, 0.4) is 0 Å². The number of rotatable bonds is 5. The molecule has 1 aromatic carbocycles. The van der Waals surface area contributed by atoms with Crippen LogP contribution in [0.25, 0.3) is 32.0 Å². The number of thiophene rings is 2. The molecule has 0 spiro atoms. The number of carbonyl (C=O) groups is 2. The van der Waals surface area contributed by atoms with E-state index in [1.54, 1.807) is 14.0 Å². The SMILES string of the molecule is COc1cccc(-c2csc3nc(-c4cccs4)nc(NN4C(=O)C=C(C)C4=O)c23)c1.Cl. The summed E-state index contributed by atoms with van der Waals surface area (Å²) >= 11 is 3.00. The Morgan fingerprint density at radius 1 is 1.09 bits per heavy atom. The van der Waals surface area contributed by atoms with Gasteiger partial charge in [-0.2, -0.15) is 5.01 Å². The van der Waals surface area contributed by atoms with Gasteiger partial charge in [-0.3, -0.25) is 15.0 Å². The molecule has 2 amide bonds. The van der Waals surface area contributed by atoms with Crippen molar-refractivity contribution in [2.75, 3.05) is 12.5 Å². The topological polar surface area (TPSA) is 84.4 Å². The number of fused-ring (bicyclic) bond motifs is 1. The second-order valence-corrected chi connectivity index (χ2v) is 8.66. The lowest BCUT2D eigenvalue weighted by molar-refractivity contribution is -0.135. The molecule has 1 aliphatic rings. The molecule has 0 bridgehead atoms. The molecule has 7 nitrogen and oxygen atoms in total. The number of imide groups is 1. The van der Waals surface area contributed by atoms with Gasteiger partial charge in [-0.15, -0.1) is 35.1 Å². The Bertz CT molecular complexity index is 1370. The van der Waals surface area contributed by atoms with Crippen molar-refractivity contribution in [2.45, 2.75) is 6.92 Å². The Morgan fingerprint density at radius 2 is 1.94 bits per heavy atom. The summed E-state index contributed by atoms with van der Waals surface area (Å²) in [5.74, 6) is 0.843. The smallest absolute Gasteiger partial charge is 0.275 e. The monoisotopic (exact) mass is 484 g/mol. The van der Waals surface area contributed by atoms with Gasteiger partial charge in [0.1, 0.15) is 10.6 Å². The normalized spacial score (nSPS) is 13.3. The number of hydrogen-bond donors (Lipinski definition) is 1. The first-order valence-electron chi connectivity index (χ1n) is 9.36. The van der Waals surface area contributed by atoms with Gasteiger partial charge in [0.15, 0.2) is 11.6 Å². The maximum Gasteiger partial charge on any atom is 0.275 e. The van der Waals surface area contributed by atoms with Gasteiger partial charge in [0, 0.05) is 22.6 Å². The van der Waals surface area contributed by atoms with Crippen LogP contribution in [0, 0.1) is 0 Å². The molecule has 1 N–H and O–H groups in total. The highest BCUT2D eigenvalue weighted by Gasteiger charge is 2.30. The molecule has 0 saturated carbocycles. The molecule has 10 heteroatoms. The lowest BCUT2D eigenvalue weighted by Gasteiger charge is -2.18. The van der Waals surface area contributed by atoms with Crippen molar-refractivity contribution in [1.29, 1.82) is 0 Å². The van der Waals surface area contributed by atoms with Gasteiger partial charge >= 0.3 is 0 Å². The van der Waals surface area contributed by atoms with Crippen LogP contribution in [-0.2, 0) is 9.59 Å². The standard InChI is InChI=1S/C22H16N4O3S2.ClH/c1-12-9-17(27)26(22(12)28)25-20-18-15(13-5-3-6-14(10-13)29-2)11-31-21(18)24-19(23-20)16-7-4-8-30-16;/h3-11H,1-2H3,(H,23,24,25);1H. The lowest BCUT2D eigenvalue weighted by Crippen LogP contribution is -2.36. The van der Waals surface area contributed by atoms with E-state index in [4.69, 9.17) is 14.7 Å². The molecule has 0 aliphatic carbocycles. The molecule has 5 rings (SSSR count). The largest absolute Gasteiger partial charge is 0.497 e. The van der Waals surface area contributed by atoms with E-state index in [0.29, 0.717) is 17.2 Å². The number of benzene rings is 1. The third-order valence-corrected chi connectivity index (χ3v) is 6.61. The highest BCUT2D eigenvalue weighted by Crippen LogP contribution is 2.39. The van der Waals surface area contributed by atoms with E-state index in [1.165, 1.54) is 28.7 Å². The molecule has 0 saturated heterocycles. The van der Waals surface area contributed by atoms with Gasteiger partial charge in [-0.25, -0.2) is 9.97 Å². The highest BCUT2D eigenvalue weighted by molar-refractivity contribution is 7.17. The number of halogens is 1. The van der Waals surface area contributed by atoms with Crippen LogP contribution in [-0.4, -0.2) is 33.9 Å². The molecule has 4 heterocycles. The maximum atomic E-state index is 12.5. The zero-order valence-electron chi connectivity index (χ0n) is 17.0. The summed E-state index contributed by atoms with van der Waals surface area (Å²) in [5, 5.41) is 5.67. The number of aromatic nitrogens is 2. The minimum Gasteiger partial charge on any atom is -0.497 e. The fourth-order valence-corrected chi connectivity index (χ4v) is 4.95. The van der Waals surface area contributed by atoms with E-state index in [0.717, 1.165) is 37.0 Å². The third-order valence-electron chi connectivity index (χ3n) is 4.87. The Labute approximate surface area is 197 Å². The predicted octanol–water partition coefficient (Wildman–Crippen LogP) is 5.16. The van der Waals surface area contributed by atoms with Gasteiger partial charge in [-0.1, -0.05) is 18.2 Å². The molecule has 0 atom stereocenters. The van der Waals surface area contributed by atoms with Crippen molar-refractivity contribution >= 4 is 62.9 Å². The van der Waals surface area contributed by atoms with E-state index in [-0.39, 0.29) is 12.4 Å². The summed E-state index contributed by atoms with van der Waals surface area (Å²) in [5.41, 5.74) is 5.14. The zero-order chi connectivity index (χ0) is 21.5. The van der Waals surface area contributed by atoms with Crippen LogP contribution in [0.5, 0.6) is 5.75 Å². The average molecular weight is 485 g/mol. The molecule has 162 valence electrons. The lowest BCUT2D eigenvalue weighted by atomic mass is 10.1. The zero-order valence-corrected chi connectivity index (χ0v) is 19.4. The molecule has 1 aliphatic heterocycles. The number of anilines is 1. The van der Waals surface area contributed by atoms with Crippen LogP contribution in [0.1, 0.15) is 6.92 Å².